The quantitative estimate of drug-likeness (QED) is 0.388. The van der Waals surface area contributed by atoms with Gasteiger partial charge in [0.05, 0.1) is 5.56 Å². The second kappa shape index (κ2) is 5.91. The van der Waals surface area contributed by atoms with E-state index in [0.29, 0.717) is 5.56 Å². The third kappa shape index (κ3) is 2.68. The summed E-state index contributed by atoms with van der Waals surface area (Å²) in [5.74, 6) is 0.329. The van der Waals surface area contributed by atoms with Gasteiger partial charge in [-0.1, -0.05) is 54.3 Å². The number of nitrogens with one attached hydrogen (secondary N) is 1. The molecule has 0 saturated carbocycles. The molecule has 1 heterocycles. The van der Waals surface area contributed by atoms with E-state index in [9.17, 15) is 5.11 Å². The molecule has 0 aromatic heterocycles. The van der Waals surface area contributed by atoms with Gasteiger partial charge in [0.2, 0.25) is 5.36 Å². The minimum Gasteiger partial charge on any atom is -0.872 e. The van der Waals surface area contributed by atoms with Crippen LogP contribution in [0.15, 0.2) is 66.7 Å². The molecule has 1 aliphatic rings. The van der Waals surface area contributed by atoms with Crippen molar-refractivity contribution in [2.24, 2.45) is 5.73 Å². The molecule has 25 heavy (non-hydrogen) atoms. The van der Waals surface area contributed by atoms with Crippen LogP contribution in [0.2, 0.25) is 0 Å². The molecule has 5 N–H and O–H groups in total. The molecular weight excluding hydrogens is 310 g/mol. The molecule has 0 spiro atoms. The van der Waals surface area contributed by atoms with Crippen LogP contribution in [-0.4, -0.2) is 5.84 Å². The Bertz CT molecular complexity index is 1090. The summed E-state index contributed by atoms with van der Waals surface area (Å²) in [6.45, 7) is 0. The van der Waals surface area contributed by atoms with E-state index in [1.54, 1.807) is 0 Å². The summed E-state index contributed by atoms with van der Waals surface area (Å²) in [6, 6.07) is 21.0. The Morgan fingerprint density at radius 2 is 1.80 bits per heavy atom. The normalized spacial score (nSPS) is 15.1. The highest BCUT2D eigenvalue weighted by Crippen LogP contribution is 2.32. The van der Waals surface area contributed by atoms with Crippen LogP contribution in [0.25, 0.3) is 17.2 Å². The van der Waals surface area contributed by atoms with E-state index in [4.69, 9.17) is 11.1 Å². The van der Waals surface area contributed by atoms with Crippen LogP contribution in [0.5, 0.6) is 5.75 Å². The first-order chi connectivity index (χ1) is 12.1. The number of para-hydroxylation sites is 1. The molecule has 0 saturated heterocycles. The Morgan fingerprint density at radius 3 is 2.56 bits per heavy atom. The Balaban J connectivity index is 1.80. The van der Waals surface area contributed by atoms with Gasteiger partial charge in [-0.2, -0.15) is 0 Å². The third-order valence-corrected chi connectivity index (χ3v) is 4.51. The predicted molar refractivity (Wildman–Crippen MR) is 94.5 cm³/mol. The van der Waals surface area contributed by atoms with Crippen LogP contribution < -0.4 is 31.8 Å². The van der Waals surface area contributed by atoms with E-state index in [2.05, 4.69) is 4.99 Å². The molecule has 1 atom stereocenters. The van der Waals surface area contributed by atoms with Gasteiger partial charge in [0.1, 0.15) is 0 Å². The lowest BCUT2D eigenvalue weighted by molar-refractivity contribution is -0.528. The average molecular weight is 328 g/mol. The SMILES string of the molecule is NC(=[NH2+])c1ccc2c(c1)=CC(c1cccc(-c3ccccc3)c1[O-])[NH+]=2. The zero-order valence-electron chi connectivity index (χ0n) is 13.6. The van der Waals surface area contributed by atoms with Gasteiger partial charge in [-0.25, -0.2) is 4.99 Å². The largest absolute Gasteiger partial charge is 0.872 e. The van der Waals surface area contributed by atoms with Gasteiger partial charge in [-0.3, -0.25) is 11.1 Å². The maximum absolute atomic E-state index is 13.0. The molecule has 3 aromatic rings. The molecule has 0 radical (unpaired) electrons. The Labute approximate surface area is 145 Å². The molecule has 1 unspecified atom stereocenters. The van der Waals surface area contributed by atoms with E-state index in [1.807, 2.05) is 72.8 Å². The topological polar surface area (TPSA) is 88.6 Å². The number of nitrogens with two attached hydrogens (primary N) is 2. The summed E-state index contributed by atoms with van der Waals surface area (Å²) in [6.07, 6.45) is 2.04. The van der Waals surface area contributed by atoms with E-state index in [-0.39, 0.29) is 17.6 Å². The van der Waals surface area contributed by atoms with E-state index in [1.165, 1.54) is 0 Å². The average Bonchev–Trinajstić information content (AvgIpc) is 3.05. The molecular formula is C21H18N3O+. The van der Waals surface area contributed by atoms with Gasteiger partial charge in [-0.15, -0.1) is 0 Å². The highest BCUT2D eigenvalue weighted by molar-refractivity contribution is 5.92. The summed E-state index contributed by atoms with van der Waals surface area (Å²) in [5, 5.41) is 20.6. The molecule has 122 valence electrons. The van der Waals surface area contributed by atoms with Crippen LogP contribution >= 0.6 is 0 Å². The molecule has 0 amide bonds. The summed E-state index contributed by atoms with van der Waals surface area (Å²) in [4.78, 5) is 3.39. The fourth-order valence-electron chi connectivity index (χ4n) is 3.21. The molecule has 4 heteroatoms. The molecule has 4 rings (SSSR count). The maximum atomic E-state index is 13.0. The number of benzene rings is 3. The molecule has 0 fully saturated rings. The monoisotopic (exact) mass is 328 g/mol. The molecule has 4 nitrogen and oxygen atoms in total. The van der Waals surface area contributed by atoms with Crippen molar-refractivity contribution in [3.63, 3.8) is 0 Å². The summed E-state index contributed by atoms with van der Waals surface area (Å²) >= 11 is 0. The smallest absolute Gasteiger partial charge is 0.270 e. The summed E-state index contributed by atoms with van der Waals surface area (Å²) in [7, 11) is 0. The van der Waals surface area contributed by atoms with Gasteiger partial charge in [0.15, 0.2) is 6.04 Å². The first kappa shape index (κ1) is 15.1. The second-order valence-electron chi connectivity index (χ2n) is 6.14. The van der Waals surface area contributed by atoms with Gasteiger partial charge >= 0.3 is 0 Å². The van der Waals surface area contributed by atoms with Crippen LogP contribution in [0, 0.1) is 0 Å². The fourth-order valence-corrected chi connectivity index (χ4v) is 3.21. The highest BCUT2D eigenvalue weighted by Gasteiger charge is 2.20. The molecule has 1 aliphatic heterocycles. The number of rotatable bonds is 3. The van der Waals surface area contributed by atoms with Crippen molar-refractivity contribution in [2.75, 3.05) is 0 Å². The van der Waals surface area contributed by atoms with Crippen molar-refractivity contribution in [3.05, 3.63) is 88.4 Å². The lowest BCUT2D eigenvalue weighted by Gasteiger charge is -2.19. The number of fused-ring (bicyclic) bond motifs is 1. The number of hydrogen-bond donors (Lipinski definition) is 3. The Kier molecular flexibility index (Phi) is 3.58. The van der Waals surface area contributed by atoms with Gasteiger partial charge in [0, 0.05) is 22.9 Å². The third-order valence-electron chi connectivity index (χ3n) is 4.51. The van der Waals surface area contributed by atoms with Gasteiger partial charge < -0.3 is 5.11 Å². The Hall–Kier alpha value is -3.40. The fraction of sp³-hybridized carbons (Fsp3) is 0.0476. The zero-order valence-corrected chi connectivity index (χ0v) is 13.6. The maximum Gasteiger partial charge on any atom is 0.270 e. The lowest BCUT2D eigenvalue weighted by Crippen LogP contribution is -2.76. The van der Waals surface area contributed by atoms with E-state index >= 15 is 0 Å². The van der Waals surface area contributed by atoms with Crippen molar-refractivity contribution in [3.8, 4) is 16.9 Å². The first-order valence-corrected chi connectivity index (χ1v) is 8.12. The number of hydrogen-bond acceptors (Lipinski definition) is 1. The number of amidine groups is 1. The van der Waals surface area contributed by atoms with Crippen molar-refractivity contribution in [1.82, 2.24) is 0 Å². The zero-order chi connectivity index (χ0) is 17.4. The summed E-state index contributed by atoms with van der Waals surface area (Å²) in [5.41, 5.74) is 8.83. The van der Waals surface area contributed by atoms with Crippen molar-refractivity contribution >= 4 is 11.9 Å². The minimum absolute atomic E-state index is 0.0420. The second-order valence-corrected chi connectivity index (χ2v) is 6.14. The van der Waals surface area contributed by atoms with Crippen LogP contribution in [-0.2, 0) is 0 Å². The minimum atomic E-state index is -0.166. The Morgan fingerprint density at radius 1 is 1.00 bits per heavy atom. The molecule has 3 aromatic carbocycles. The van der Waals surface area contributed by atoms with Gasteiger partial charge in [-0.05, 0) is 23.3 Å². The van der Waals surface area contributed by atoms with Gasteiger partial charge in [0.25, 0.3) is 5.84 Å². The standard InChI is InChI=1S/C21H17N3O/c22-21(23)14-9-10-18-15(11-14)12-19(24-18)17-8-4-7-16(20(17)25)13-5-2-1-3-6-13/h1-12,19,25H,(H3,22,23)/p+1. The van der Waals surface area contributed by atoms with E-state index in [0.717, 1.165) is 27.3 Å². The van der Waals surface area contributed by atoms with E-state index < -0.39 is 0 Å². The van der Waals surface area contributed by atoms with Crippen molar-refractivity contribution in [2.45, 2.75) is 6.04 Å². The van der Waals surface area contributed by atoms with Crippen LogP contribution in [0.3, 0.4) is 0 Å². The van der Waals surface area contributed by atoms with Crippen molar-refractivity contribution < 1.29 is 15.5 Å². The van der Waals surface area contributed by atoms with Crippen molar-refractivity contribution in [1.29, 1.82) is 0 Å². The van der Waals surface area contributed by atoms with Crippen LogP contribution in [0.4, 0.5) is 0 Å². The van der Waals surface area contributed by atoms with Crippen LogP contribution in [0.1, 0.15) is 17.2 Å². The molecule has 0 aliphatic carbocycles. The first-order valence-electron chi connectivity index (χ1n) is 8.12. The summed E-state index contributed by atoms with van der Waals surface area (Å²) < 4.78 is 0. The highest BCUT2D eigenvalue weighted by atomic mass is 16.3. The predicted octanol–water partition coefficient (Wildman–Crippen LogP) is -1.87. The molecule has 0 bridgehead atoms. The lowest BCUT2D eigenvalue weighted by atomic mass is 9.98.